The van der Waals surface area contributed by atoms with Gasteiger partial charge in [-0.05, 0) is 31.1 Å². The fraction of sp³-hybridized carbons (Fsp3) is 0.778. The van der Waals surface area contributed by atoms with E-state index in [-0.39, 0.29) is 6.10 Å². The van der Waals surface area contributed by atoms with Crippen LogP contribution in [0.1, 0.15) is 26.2 Å². The Hall–Kier alpha value is -0.300. The van der Waals surface area contributed by atoms with Gasteiger partial charge in [-0.2, -0.15) is 0 Å². The first-order chi connectivity index (χ1) is 4.72. The molecule has 1 nitrogen and oxygen atoms in total. The van der Waals surface area contributed by atoms with E-state index in [0.717, 1.165) is 12.8 Å². The molecular weight excluding hydrogens is 124 g/mol. The average Bonchev–Trinajstić information content (AvgIpc) is 1.85. The van der Waals surface area contributed by atoms with Crippen molar-refractivity contribution in [2.24, 2.45) is 11.8 Å². The van der Waals surface area contributed by atoms with Crippen LogP contribution in [0.3, 0.4) is 0 Å². The summed E-state index contributed by atoms with van der Waals surface area (Å²) in [4.78, 5) is 0. The first-order valence-corrected chi connectivity index (χ1v) is 4.03. The zero-order chi connectivity index (χ0) is 7.56. The fourth-order valence-electron chi connectivity index (χ4n) is 1.81. The van der Waals surface area contributed by atoms with Crippen LogP contribution < -0.4 is 0 Å². The molecule has 1 saturated carbocycles. The minimum absolute atomic E-state index is 0.0771. The van der Waals surface area contributed by atoms with Crippen molar-refractivity contribution < 1.29 is 5.11 Å². The second-order valence-electron chi connectivity index (χ2n) is 3.46. The van der Waals surface area contributed by atoms with Crippen molar-refractivity contribution >= 4 is 0 Å². The summed E-state index contributed by atoms with van der Waals surface area (Å²) in [6.45, 7) is 5.94. The molecular formula is C9H16O. The second-order valence-corrected chi connectivity index (χ2v) is 3.46. The van der Waals surface area contributed by atoms with Gasteiger partial charge in [0.25, 0.3) is 0 Å². The van der Waals surface area contributed by atoms with E-state index in [4.69, 9.17) is 0 Å². The van der Waals surface area contributed by atoms with Gasteiger partial charge >= 0.3 is 0 Å². The number of hydrogen-bond acceptors (Lipinski definition) is 1. The molecule has 1 aliphatic carbocycles. The lowest BCUT2D eigenvalue weighted by atomic mass is 9.81. The quantitative estimate of drug-likeness (QED) is 0.552. The Labute approximate surface area is 62.8 Å². The third-order valence-electron chi connectivity index (χ3n) is 2.29. The summed E-state index contributed by atoms with van der Waals surface area (Å²) in [5.74, 6) is 1.23. The zero-order valence-corrected chi connectivity index (χ0v) is 6.59. The molecule has 1 N–H and O–H groups in total. The Bertz CT molecular complexity index is 110. The van der Waals surface area contributed by atoms with Crippen LogP contribution in [0, 0.1) is 11.8 Å². The van der Waals surface area contributed by atoms with Crippen LogP contribution in [0.5, 0.6) is 0 Å². The molecule has 0 amide bonds. The molecule has 0 bridgehead atoms. The minimum atomic E-state index is -0.0771. The molecule has 0 aromatic carbocycles. The van der Waals surface area contributed by atoms with Crippen molar-refractivity contribution in [2.75, 3.05) is 0 Å². The molecule has 3 atom stereocenters. The number of rotatable bonds is 1. The Balaban J connectivity index is 2.42. The highest BCUT2D eigenvalue weighted by Crippen LogP contribution is 2.29. The van der Waals surface area contributed by atoms with Crippen LogP contribution in [0.4, 0.5) is 0 Å². The molecule has 0 spiro atoms. The van der Waals surface area contributed by atoms with Crippen LogP contribution >= 0.6 is 0 Å². The Morgan fingerprint density at radius 1 is 1.40 bits per heavy atom. The highest BCUT2D eigenvalue weighted by molar-refractivity contribution is 4.86. The highest BCUT2D eigenvalue weighted by Gasteiger charge is 2.22. The van der Waals surface area contributed by atoms with Crippen molar-refractivity contribution in [1.29, 1.82) is 0 Å². The Morgan fingerprint density at radius 3 is 2.60 bits per heavy atom. The van der Waals surface area contributed by atoms with Crippen LogP contribution in [-0.2, 0) is 0 Å². The molecule has 1 aliphatic rings. The number of allylic oxidation sites excluding steroid dienone is 1. The molecule has 0 saturated heterocycles. The van der Waals surface area contributed by atoms with Crippen LogP contribution in [0.15, 0.2) is 12.7 Å². The van der Waals surface area contributed by atoms with E-state index < -0.39 is 0 Å². The normalized spacial score (nSPS) is 41.2. The van der Waals surface area contributed by atoms with E-state index in [1.807, 2.05) is 6.08 Å². The van der Waals surface area contributed by atoms with Crippen molar-refractivity contribution in [3.63, 3.8) is 0 Å². The second kappa shape index (κ2) is 3.20. The maximum Gasteiger partial charge on any atom is 0.0548 e. The van der Waals surface area contributed by atoms with E-state index >= 15 is 0 Å². The molecule has 0 radical (unpaired) electrons. The minimum Gasteiger partial charge on any atom is -0.393 e. The Kier molecular flexibility index (Phi) is 2.50. The SMILES string of the molecule is C=CC1CC(C)CC(O)C1. The number of aliphatic hydroxyl groups is 1. The maximum absolute atomic E-state index is 9.33. The van der Waals surface area contributed by atoms with Gasteiger partial charge in [0, 0.05) is 0 Å². The van der Waals surface area contributed by atoms with Gasteiger partial charge in [0.2, 0.25) is 0 Å². The van der Waals surface area contributed by atoms with Crippen molar-refractivity contribution in [2.45, 2.75) is 32.3 Å². The average molecular weight is 140 g/mol. The molecule has 0 aromatic heterocycles. The van der Waals surface area contributed by atoms with Crippen molar-refractivity contribution in [3.8, 4) is 0 Å². The molecule has 0 aliphatic heterocycles. The fourth-order valence-corrected chi connectivity index (χ4v) is 1.81. The summed E-state index contributed by atoms with van der Waals surface area (Å²) in [7, 11) is 0. The predicted molar refractivity (Wildman–Crippen MR) is 42.7 cm³/mol. The molecule has 58 valence electrons. The van der Waals surface area contributed by atoms with Crippen LogP contribution in [0.2, 0.25) is 0 Å². The molecule has 0 aromatic rings. The van der Waals surface area contributed by atoms with Gasteiger partial charge in [-0.1, -0.05) is 13.0 Å². The van der Waals surface area contributed by atoms with E-state index in [1.165, 1.54) is 6.42 Å². The Morgan fingerprint density at radius 2 is 2.10 bits per heavy atom. The van der Waals surface area contributed by atoms with E-state index in [9.17, 15) is 5.11 Å². The smallest absolute Gasteiger partial charge is 0.0548 e. The van der Waals surface area contributed by atoms with Gasteiger partial charge in [0.15, 0.2) is 0 Å². The summed E-state index contributed by atoms with van der Waals surface area (Å²) in [5.41, 5.74) is 0. The lowest BCUT2D eigenvalue weighted by Gasteiger charge is -2.28. The number of hydrogen-bond donors (Lipinski definition) is 1. The zero-order valence-electron chi connectivity index (χ0n) is 6.59. The monoisotopic (exact) mass is 140 g/mol. The topological polar surface area (TPSA) is 20.2 Å². The van der Waals surface area contributed by atoms with E-state index in [1.54, 1.807) is 0 Å². The first kappa shape index (κ1) is 7.80. The first-order valence-electron chi connectivity index (χ1n) is 4.03. The molecule has 1 heteroatoms. The molecule has 10 heavy (non-hydrogen) atoms. The van der Waals surface area contributed by atoms with Gasteiger partial charge in [0.05, 0.1) is 6.10 Å². The van der Waals surface area contributed by atoms with E-state index in [2.05, 4.69) is 13.5 Å². The van der Waals surface area contributed by atoms with Gasteiger partial charge in [-0.3, -0.25) is 0 Å². The van der Waals surface area contributed by atoms with Gasteiger partial charge in [-0.15, -0.1) is 6.58 Å². The summed E-state index contributed by atoms with van der Waals surface area (Å²) in [6, 6.07) is 0. The highest BCUT2D eigenvalue weighted by atomic mass is 16.3. The summed E-state index contributed by atoms with van der Waals surface area (Å²) < 4.78 is 0. The molecule has 1 rings (SSSR count). The standard InChI is InChI=1S/C9H16O/c1-3-8-4-7(2)5-9(10)6-8/h3,7-10H,1,4-6H2,2H3. The van der Waals surface area contributed by atoms with Gasteiger partial charge < -0.3 is 5.11 Å². The van der Waals surface area contributed by atoms with Crippen LogP contribution in [0.25, 0.3) is 0 Å². The maximum atomic E-state index is 9.33. The molecule has 0 heterocycles. The van der Waals surface area contributed by atoms with E-state index in [0.29, 0.717) is 11.8 Å². The van der Waals surface area contributed by atoms with Crippen molar-refractivity contribution in [1.82, 2.24) is 0 Å². The predicted octanol–water partition coefficient (Wildman–Crippen LogP) is 1.97. The summed E-state index contributed by atoms with van der Waals surface area (Å²) >= 11 is 0. The lowest BCUT2D eigenvalue weighted by Crippen LogP contribution is -2.23. The molecule has 1 fully saturated rings. The third kappa shape index (κ3) is 1.84. The summed E-state index contributed by atoms with van der Waals surface area (Å²) in [6.07, 6.45) is 5.00. The summed E-state index contributed by atoms with van der Waals surface area (Å²) in [5, 5.41) is 9.33. The van der Waals surface area contributed by atoms with Crippen molar-refractivity contribution in [3.05, 3.63) is 12.7 Å². The van der Waals surface area contributed by atoms with Crippen LogP contribution in [-0.4, -0.2) is 11.2 Å². The van der Waals surface area contributed by atoms with Gasteiger partial charge in [-0.25, -0.2) is 0 Å². The largest absolute Gasteiger partial charge is 0.393 e. The lowest BCUT2D eigenvalue weighted by molar-refractivity contribution is 0.0877. The number of aliphatic hydroxyl groups excluding tert-OH is 1. The molecule has 3 unspecified atom stereocenters. The van der Waals surface area contributed by atoms with Gasteiger partial charge in [0.1, 0.15) is 0 Å². The third-order valence-corrected chi connectivity index (χ3v) is 2.29.